The van der Waals surface area contributed by atoms with Gasteiger partial charge in [-0.25, -0.2) is 9.50 Å². The Hall–Kier alpha value is -3.63. The summed E-state index contributed by atoms with van der Waals surface area (Å²) in [5.41, 5.74) is 7.32. The van der Waals surface area contributed by atoms with Crippen molar-refractivity contribution < 1.29 is 15.0 Å². The minimum Gasteiger partial charge on any atom is -0.392 e. The largest absolute Gasteiger partial charge is 0.392 e. The average Bonchev–Trinajstić information content (AvgIpc) is 3.39. The molecule has 2 amide bonds. The lowest BCUT2D eigenvalue weighted by Crippen LogP contribution is -2.36. The molecule has 0 aromatic carbocycles. The first-order valence-electron chi connectivity index (χ1n) is 8.39. The van der Waals surface area contributed by atoms with E-state index in [0.29, 0.717) is 22.8 Å². The van der Waals surface area contributed by atoms with Gasteiger partial charge in [-0.1, -0.05) is 0 Å². The van der Waals surface area contributed by atoms with E-state index in [4.69, 9.17) is 11.1 Å². The van der Waals surface area contributed by atoms with Gasteiger partial charge in [0.15, 0.2) is 23.4 Å². The summed E-state index contributed by atoms with van der Waals surface area (Å²) >= 11 is 0. The Morgan fingerprint density at radius 2 is 2.11 bits per heavy atom. The van der Waals surface area contributed by atoms with Gasteiger partial charge in [0.2, 0.25) is 0 Å². The highest BCUT2D eigenvalue weighted by molar-refractivity contribution is 5.99. The number of amides is 2. The number of nitrogens with zero attached hydrogens (tertiary/aromatic N) is 3. The van der Waals surface area contributed by atoms with Crippen LogP contribution in [0.1, 0.15) is 23.3 Å². The van der Waals surface area contributed by atoms with Crippen molar-refractivity contribution in [2.24, 2.45) is 5.73 Å². The fraction of sp³-hybridized carbons (Fsp3) is 0.312. The molecule has 2 aromatic heterocycles. The van der Waals surface area contributed by atoms with Gasteiger partial charge >= 0.3 is 0 Å². The van der Waals surface area contributed by atoms with Crippen molar-refractivity contribution in [2.45, 2.75) is 18.9 Å². The van der Waals surface area contributed by atoms with Crippen molar-refractivity contribution >= 4 is 35.2 Å². The standard InChI is InChI=1S/C16H21N9O2/c1-19-9-5-12(23-10(6-17)13(18)16(27)20-2)24-25-11(7-21-14(9)25)15(26)22-8-3-4-8/h5-8,17,19H,3-4,18H2,1-2H3,(H,20,27)(H,22,26)(H,23,24)/p+1. The lowest BCUT2D eigenvalue weighted by atomic mass is 10.3. The summed E-state index contributed by atoms with van der Waals surface area (Å²) in [6, 6.07) is 1.88. The van der Waals surface area contributed by atoms with Crippen LogP contribution in [0.15, 0.2) is 23.7 Å². The van der Waals surface area contributed by atoms with E-state index in [1.54, 1.807) is 13.1 Å². The van der Waals surface area contributed by atoms with E-state index < -0.39 is 5.91 Å². The number of anilines is 2. The fourth-order valence-corrected chi connectivity index (χ4v) is 2.45. The number of carbonyl (C=O) groups excluding carboxylic acids is 2. The molecule has 0 atom stereocenters. The van der Waals surface area contributed by atoms with Gasteiger partial charge in [-0.15, -0.1) is 5.10 Å². The van der Waals surface area contributed by atoms with Gasteiger partial charge in [0.25, 0.3) is 11.8 Å². The van der Waals surface area contributed by atoms with Gasteiger partial charge in [-0.2, -0.15) is 0 Å². The summed E-state index contributed by atoms with van der Waals surface area (Å²) in [7, 11) is 3.19. The number of likely N-dealkylation sites (N-methyl/N-ethyl adjacent to an activating group) is 1. The van der Waals surface area contributed by atoms with Gasteiger partial charge in [0.1, 0.15) is 11.4 Å². The molecule has 0 aliphatic heterocycles. The number of nitrogens with one attached hydrogen (secondary N) is 4. The van der Waals surface area contributed by atoms with Crippen LogP contribution in [0.3, 0.4) is 0 Å². The highest BCUT2D eigenvalue weighted by Crippen LogP contribution is 2.22. The molecule has 27 heavy (non-hydrogen) atoms. The number of hydrogen-bond acceptors (Lipinski definition) is 7. The second-order valence-electron chi connectivity index (χ2n) is 6.02. The van der Waals surface area contributed by atoms with E-state index in [-0.39, 0.29) is 23.3 Å². The highest BCUT2D eigenvalue weighted by atomic mass is 16.2. The molecule has 2 aromatic rings. The number of imidazole rings is 1. The minimum absolute atomic E-state index is 0.0924. The summed E-state index contributed by atoms with van der Waals surface area (Å²) in [6.07, 6.45) is 4.59. The van der Waals surface area contributed by atoms with Crippen LogP contribution in [-0.2, 0) is 4.79 Å². The zero-order valence-corrected chi connectivity index (χ0v) is 15.0. The van der Waals surface area contributed by atoms with E-state index in [9.17, 15) is 9.59 Å². The number of rotatable bonds is 7. The third-order valence-electron chi connectivity index (χ3n) is 4.07. The number of hydrogen-bond donors (Lipinski definition) is 6. The first kappa shape index (κ1) is 18.2. The molecular formula is C16H22N9O2+. The first-order chi connectivity index (χ1) is 13.0. The molecule has 1 saturated carbocycles. The fourth-order valence-electron chi connectivity index (χ4n) is 2.45. The summed E-state index contributed by atoms with van der Waals surface area (Å²) in [5, 5.41) is 21.2. The topological polar surface area (TPSA) is 164 Å². The van der Waals surface area contributed by atoms with Crippen LogP contribution in [0.5, 0.6) is 0 Å². The number of fused-ring (bicyclic) bond motifs is 1. The van der Waals surface area contributed by atoms with Crippen LogP contribution in [0.2, 0.25) is 0 Å². The number of carbonyl (C=O) groups is 2. The Kier molecular flexibility index (Phi) is 4.92. The van der Waals surface area contributed by atoms with Crippen LogP contribution in [-0.4, -0.2) is 52.8 Å². The van der Waals surface area contributed by atoms with Crippen LogP contribution in [0.4, 0.5) is 11.5 Å². The number of aromatic nitrogens is 3. The lowest BCUT2D eigenvalue weighted by molar-refractivity contribution is -0.117. The molecule has 0 bridgehead atoms. The monoisotopic (exact) mass is 372 g/mol. The predicted octanol–water partition coefficient (Wildman–Crippen LogP) is -2.18. The molecule has 142 valence electrons. The minimum atomic E-state index is -0.485. The van der Waals surface area contributed by atoms with Crippen molar-refractivity contribution in [1.29, 1.82) is 0 Å². The molecule has 3 rings (SSSR count). The van der Waals surface area contributed by atoms with Crippen LogP contribution < -0.4 is 32.4 Å². The maximum absolute atomic E-state index is 12.4. The molecule has 1 aliphatic carbocycles. The zero-order chi connectivity index (χ0) is 19.6. The molecule has 2 heterocycles. The number of nitrogens with two attached hydrogens (primary N) is 2. The molecule has 1 aliphatic rings. The molecule has 0 unspecified atom stereocenters. The van der Waals surface area contributed by atoms with Crippen LogP contribution >= 0.6 is 0 Å². The van der Waals surface area contributed by atoms with Crippen molar-refractivity contribution in [3.63, 3.8) is 0 Å². The number of allylic oxidation sites excluding steroid dienone is 1. The molecule has 0 radical (unpaired) electrons. The maximum atomic E-state index is 12.4. The van der Waals surface area contributed by atoms with Gasteiger partial charge in [-0.3, -0.25) is 15.0 Å². The van der Waals surface area contributed by atoms with Crippen molar-refractivity contribution in [3.05, 3.63) is 29.4 Å². The van der Waals surface area contributed by atoms with Gasteiger partial charge in [0, 0.05) is 26.2 Å². The van der Waals surface area contributed by atoms with E-state index in [1.807, 2.05) is 0 Å². The van der Waals surface area contributed by atoms with E-state index >= 15 is 0 Å². The summed E-state index contributed by atoms with van der Waals surface area (Å²) in [6.45, 7) is 0. The second-order valence-corrected chi connectivity index (χ2v) is 6.02. The molecule has 11 heteroatoms. The predicted molar refractivity (Wildman–Crippen MR) is 99.9 cm³/mol. The van der Waals surface area contributed by atoms with Gasteiger partial charge < -0.3 is 27.0 Å². The molecule has 1 fully saturated rings. The molecule has 8 N–H and O–H groups in total. The van der Waals surface area contributed by atoms with Gasteiger partial charge in [0.05, 0.1) is 11.9 Å². The Balaban J connectivity index is 2.01. The van der Waals surface area contributed by atoms with Crippen molar-refractivity contribution in [2.75, 3.05) is 24.7 Å². The van der Waals surface area contributed by atoms with Crippen LogP contribution in [0.25, 0.3) is 5.65 Å². The zero-order valence-electron chi connectivity index (χ0n) is 15.0. The van der Waals surface area contributed by atoms with Crippen molar-refractivity contribution in [3.8, 4) is 0 Å². The third-order valence-corrected chi connectivity index (χ3v) is 4.07. The Morgan fingerprint density at radius 1 is 1.37 bits per heavy atom. The highest BCUT2D eigenvalue weighted by Gasteiger charge is 2.26. The summed E-state index contributed by atoms with van der Waals surface area (Å²) < 4.78 is 1.43. The molecular weight excluding hydrogens is 350 g/mol. The Bertz CT molecular complexity index is 943. The maximum Gasteiger partial charge on any atom is 0.271 e. The van der Waals surface area contributed by atoms with E-state index in [0.717, 1.165) is 12.8 Å². The molecule has 0 saturated heterocycles. The Labute approximate surface area is 154 Å². The van der Waals surface area contributed by atoms with E-state index in [2.05, 4.69) is 31.3 Å². The summed E-state index contributed by atoms with van der Waals surface area (Å²) in [4.78, 5) is 28.4. The average molecular weight is 372 g/mol. The SMILES string of the molecule is CNC(=O)C(N)=C(C=[NH2+])Nc1cc(NC)c2ncc(C(=O)NC3CC3)n2n1. The summed E-state index contributed by atoms with van der Waals surface area (Å²) in [5.74, 6) is -0.405. The molecule has 0 spiro atoms. The van der Waals surface area contributed by atoms with Gasteiger partial charge in [-0.05, 0) is 12.8 Å². The quantitative estimate of drug-likeness (QED) is 0.238. The van der Waals surface area contributed by atoms with Crippen molar-refractivity contribution in [1.82, 2.24) is 25.2 Å². The lowest BCUT2D eigenvalue weighted by Gasteiger charge is -2.11. The third kappa shape index (κ3) is 3.66. The Morgan fingerprint density at radius 3 is 2.70 bits per heavy atom. The molecule has 11 nitrogen and oxygen atoms in total. The van der Waals surface area contributed by atoms with Crippen LogP contribution in [0, 0.1) is 0 Å². The smallest absolute Gasteiger partial charge is 0.271 e. The second kappa shape index (κ2) is 7.32. The van der Waals surface area contributed by atoms with E-state index in [1.165, 1.54) is 24.0 Å². The first-order valence-corrected chi connectivity index (χ1v) is 8.39. The normalized spacial score (nSPS) is 14.3.